The second-order valence-electron chi connectivity index (χ2n) is 17.6. The number of anilines is 3. The van der Waals surface area contributed by atoms with Crippen LogP contribution in [0.2, 0.25) is 0 Å². The number of benzene rings is 11. The van der Waals surface area contributed by atoms with Gasteiger partial charge in [-0.25, -0.2) is 0 Å². The second-order valence-corrected chi connectivity index (χ2v) is 17.6. The van der Waals surface area contributed by atoms with Crippen molar-refractivity contribution < 1.29 is 8.83 Å². The second kappa shape index (κ2) is 16.9. The van der Waals surface area contributed by atoms with Gasteiger partial charge in [-0.05, 0) is 122 Å². The molecule has 0 N–H and O–H groups in total. The van der Waals surface area contributed by atoms with Gasteiger partial charge in [0, 0.05) is 49.7 Å². The first-order valence-corrected chi connectivity index (χ1v) is 23.5. The highest BCUT2D eigenvalue weighted by molar-refractivity contribution is 6.10. The average molecular weight is 882 g/mol. The van der Waals surface area contributed by atoms with E-state index >= 15 is 0 Å². The van der Waals surface area contributed by atoms with Crippen molar-refractivity contribution in [2.45, 2.75) is 0 Å². The van der Waals surface area contributed by atoms with Crippen LogP contribution in [0.4, 0.5) is 17.1 Å². The van der Waals surface area contributed by atoms with E-state index in [-0.39, 0.29) is 0 Å². The fourth-order valence-corrected chi connectivity index (χ4v) is 10.0. The van der Waals surface area contributed by atoms with E-state index in [0.29, 0.717) is 0 Å². The smallest absolute Gasteiger partial charge is 0.143 e. The van der Waals surface area contributed by atoms with Crippen LogP contribution >= 0.6 is 0 Å². The maximum atomic E-state index is 6.44. The highest BCUT2D eigenvalue weighted by Gasteiger charge is 2.17. The van der Waals surface area contributed by atoms with Crippen LogP contribution < -0.4 is 4.90 Å². The van der Waals surface area contributed by atoms with E-state index in [4.69, 9.17) is 8.83 Å². The molecule has 2 heterocycles. The summed E-state index contributed by atoms with van der Waals surface area (Å²) in [6.07, 6.45) is 0. The van der Waals surface area contributed by atoms with Crippen molar-refractivity contribution in [1.82, 2.24) is 0 Å². The van der Waals surface area contributed by atoms with Crippen LogP contribution in [0.25, 0.3) is 111 Å². The molecule has 13 aromatic rings. The number of furan rings is 2. The van der Waals surface area contributed by atoms with Crippen molar-refractivity contribution in [3.05, 3.63) is 261 Å². The summed E-state index contributed by atoms with van der Waals surface area (Å²) in [7, 11) is 0. The van der Waals surface area contributed by atoms with Gasteiger partial charge < -0.3 is 13.7 Å². The van der Waals surface area contributed by atoms with Crippen LogP contribution in [-0.2, 0) is 0 Å². The van der Waals surface area contributed by atoms with Crippen molar-refractivity contribution in [2.75, 3.05) is 4.90 Å². The Kier molecular flexibility index (Phi) is 9.84. The fourth-order valence-electron chi connectivity index (χ4n) is 10.0. The van der Waals surface area contributed by atoms with Crippen LogP contribution in [0, 0.1) is 0 Å². The number of rotatable bonds is 9. The summed E-state index contributed by atoms with van der Waals surface area (Å²) in [5.41, 5.74) is 20.6. The molecule has 0 aliphatic heterocycles. The van der Waals surface area contributed by atoms with Gasteiger partial charge in [0.25, 0.3) is 0 Å². The number of para-hydroxylation sites is 4. The first-order valence-electron chi connectivity index (χ1n) is 23.5. The van der Waals surface area contributed by atoms with Crippen LogP contribution in [-0.4, -0.2) is 0 Å². The van der Waals surface area contributed by atoms with Gasteiger partial charge in [-0.15, -0.1) is 0 Å². The molecule has 0 atom stereocenters. The average Bonchev–Trinajstić information content (AvgIpc) is 4.01. The lowest BCUT2D eigenvalue weighted by molar-refractivity contribution is 0.669. The van der Waals surface area contributed by atoms with Gasteiger partial charge in [0.15, 0.2) is 0 Å². The van der Waals surface area contributed by atoms with Gasteiger partial charge in [0.1, 0.15) is 22.3 Å². The SMILES string of the molecule is c1ccc(-c2cccc(-c3ccc(N(c4ccc(-c5cccc(-c6cccc7c6oc6ccccc67)c5)cc4)c4ccc(-c5cccc(-c6cccc7c6oc6ccccc67)c5)cc4)cc3)c2)cc1. The summed E-state index contributed by atoms with van der Waals surface area (Å²) >= 11 is 0. The van der Waals surface area contributed by atoms with E-state index in [0.717, 1.165) is 105 Å². The summed E-state index contributed by atoms with van der Waals surface area (Å²) in [5.74, 6) is 0. The molecule has 11 aromatic carbocycles. The highest BCUT2D eigenvalue weighted by Crippen LogP contribution is 2.42. The molecule has 13 rings (SSSR count). The molecule has 0 unspecified atom stereocenters. The van der Waals surface area contributed by atoms with Crippen molar-refractivity contribution in [3.8, 4) is 66.8 Å². The van der Waals surface area contributed by atoms with Crippen LogP contribution in [0.1, 0.15) is 0 Å². The normalized spacial score (nSPS) is 11.5. The zero-order valence-electron chi connectivity index (χ0n) is 37.6. The predicted molar refractivity (Wildman–Crippen MR) is 288 cm³/mol. The third-order valence-electron chi connectivity index (χ3n) is 13.5. The van der Waals surface area contributed by atoms with E-state index in [1.807, 2.05) is 24.3 Å². The van der Waals surface area contributed by atoms with Crippen molar-refractivity contribution >= 4 is 60.9 Å². The van der Waals surface area contributed by atoms with E-state index in [1.54, 1.807) is 0 Å². The van der Waals surface area contributed by atoms with Gasteiger partial charge in [0.05, 0.1) is 0 Å². The quantitative estimate of drug-likeness (QED) is 0.145. The lowest BCUT2D eigenvalue weighted by atomic mass is 9.97. The summed E-state index contributed by atoms with van der Waals surface area (Å²) < 4.78 is 12.9. The minimum absolute atomic E-state index is 0.903. The molecule has 2 aromatic heterocycles. The molecule has 0 saturated heterocycles. The lowest BCUT2D eigenvalue weighted by Crippen LogP contribution is -2.09. The van der Waals surface area contributed by atoms with Crippen molar-refractivity contribution in [1.29, 1.82) is 0 Å². The molecule has 0 amide bonds. The maximum Gasteiger partial charge on any atom is 0.143 e. The molecule has 0 bridgehead atoms. The Morgan fingerprint density at radius 2 is 0.522 bits per heavy atom. The molecular formula is C66H43NO2. The predicted octanol–water partition coefficient (Wildman–Crippen LogP) is 19.0. The summed E-state index contributed by atoms with van der Waals surface area (Å²) in [6.45, 7) is 0. The summed E-state index contributed by atoms with van der Waals surface area (Å²) in [5, 5.41) is 4.53. The molecular weight excluding hydrogens is 839 g/mol. The van der Waals surface area contributed by atoms with Crippen molar-refractivity contribution in [2.24, 2.45) is 0 Å². The molecule has 0 fully saturated rings. The first kappa shape index (κ1) is 40.1. The fraction of sp³-hybridized carbons (Fsp3) is 0. The topological polar surface area (TPSA) is 29.5 Å². The number of hydrogen-bond acceptors (Lipinski definition) is 3. The molecule has 0 aliphatic rings. The Balaban J connectivity index is 0.850. The Bertz CT molecular complexity index is 3790. The van der Waals surface area contributed by atoms with E-state index in [2.05, 4.69) is 241 Å². The van der Waals surface area contributed by atoms with Crippen LogP contribution in [0.3, 0.4) is 0 Å². The molecule has 69 heavy (non-hydrogen) atoms. The van der Waals surface area contributed by atoms with Gasteiger partial charge >= 0.3 is 0 Å². The monoisotopic (exact) mass is 881 g/mol. The van der Waals surface area contributed by atoms with Crippen molar-refractivity contribution in [3.63, 3.8) is 0 Å². The molecule has 0 saturated carbocycles. The lowest BCUT2D eigenvalue weighted by Gasteiger charge is -2.26. The van der Waals surface area contributed by atoms with Gasteiger partial charge in [-0.3, -0.25) is 0 Å². The number of hydrogen-bond donors (Lipinski definition) is 0. The molecule has 3 heteroatoms. The summed E-state index contributed by atoms with van der Waals surface area (Å²) in [4.78, 5) is 2.34. The minimum atomic E-state index is 0.903. The molecule has 3 nitrogen and oxygen atoms in total. The Hall–Kier alpha value is -9.18. The minimum Gasteiger partial charge on any atom is -0.455 e. The van der Waals surface area contributed by atoms with E-state index < -0.39 is 0 Å². The first-order chi connectivity index (χ1) is 34.2. The Labute approximate surface area is 400 Å². The van der Waals surface area contributed by atoms with Gasteiger partial charge in [0.2, 0.25) is 0 Å². The van der Waals surface area contributed by atoms with E-state index in [1.165, 1.54) is 22.3 Å². The Morgan fingerprint density at radius 3 is 0.942 bits per heavy atom. The molecule has 0 spiro atoms. The third-order valence-corrected chi connectivity index (χ3v) is 13.5. The number of fused-ring (bicyclic) bond motifs is 6. The van der Waals surface area contributed by atoms with Crippen LogP contribution in [0.5, 0.6) is 0 Å². The largest absolute Gasteiger partial charge is 0.455 e. The standard InChI is InChI=1S/C66H43NO2/c1-2-13-44(14-3-1)48-15-8-16-49(41-48)45-29-35-54(36-30-45)67(55-37-31-46(32-38-55)50-17-9-19-52(42-50)57-23-11-25-61-59-21-4-6-27-63(59)68-65(57)61)56-39-33-47(34-40-56)51-18-10-20-53(43-51)58-24-12-26-62-60-22-5-7-28-64(60)69-66(58)62/h1-43H. The van der Waals surface area contributed by atoms with Gasteiger partial charge in [-0.2, -0.15) is 0 Å². The zero-order chi connectivity index (χ0) is 45.7. The summed E-state index contributed by atoms with van der Waals surface area (Å²) in [6, 6.07) is 93.0. The third kappa shape index (κ3) is 7.34. The van der Waals surface area contributed by atoms with Crippen LogP contribution in [0.15, 0.2) is 270 Å². The molecule has 0 radical (unpaired) electrons. The molecule has 324 valence electrons. The highest BCUT2D eigenvalue weighted by atomic mass is 16.3. The Morgan fingerprint density at radius 1 is 0.217 bits per heavy atom. The maximum absolute atomic E-state index is 6.44. The number of nitrogens with zero attached hydrogens (tertiary/aromatic N) is 1. The molecule has 0 aliphatic carbocycles. The van der Waals surface area contributed by atoms with Gasteiger partial charge in [-0.1, -0.05) is 194 Å². The van der Waals surface area contributed by atoms with E-state index in [9.17, 15) is 0 Å². The zero-order valence-corrected chi connectivity index (χ0v) is 37.6.